The molecule has 0 aromatic carbocycles. The van der Waals surface area contributed by atoms with Gasteiger partial charge >= 0.3 is 5.97 Å². The molecule has 0 spiro atoms. The molecule has 1 heterocycles. The van der Waals surface area contributed by atoms with Gasteiger partial charge in [0.15, 0.2) is 5.54 Å². The summed E-state index contributed by atoms with van der Waals surface area (Å²) < 4.78 is 12.9. The van der Waals surface area contributed by atoms with Crippen LogP contribution in [-0.4, -0.2) is 22.1 Å². The van der Waals surface area contributed by atoms with E-state index in [9.17, 15) is 14.3 Å². The molecule has 0 bridgehead atoms. The largest absolute Gasteiger partial charge is 0.480 e. The number of aliphatic carboxylic acids is 1. The standard InChI is InChI=1S/C14H19FN2O2/c1-14(13(18)19,12-8-7-10(15)9-16-12)17-11-5-3-2-4-6-11/h7-9,11,17H,2-6H2,1H3,(H,18,19). The Labute approximate surface area is 112 Å². The van der Waals surface area contributed by atoms with Crippen molar-refractivity contribution < 1.29 is 14.3 Å². The highest BCUT2D eigenvalue weighted by Gasteiger charge is 2.38. The van der Waals surface area contributed by atoms with Gasteiger partial charge in [-0.25, -0.2) is 9.18 Å². The number of carboxylic acid groups (broad SMARTS) is 1. The average Bonchev–Trinajstić information content (AvgIpc) is 2.40. The van der Waals surface area contributed by atoms with Crippen molar-refractivity contribution in [2.45, 2.75) is 50.6 Å². The molecule has 1 saturated carbocycles. The Morgan fingerprint density at radius 3 is 2.63 bits per heavy atom. The molecular weight excluding hydrogens is 247 g/mol. The van der Waals surface area contributed by atoms with Crippen LogP contribution < -0.4 is 5.32 Å². The summed E-state index contributed by atoms with van der Waals surface area (Å²) in [4.78, 5) is 15.5. The number of pyridine rings is 1. The summed E-state index contributed by atoms with van der Waals surface area (Å²) in [5, 5.41) is 12.7. The van der Waals surface area contributed by atoms with Gasteiger partial charge < -0.3 is 5.11 Å². The maximum Gasteiger partial charge on any atom is 0.329 e. The van der Waals surface area contributed by atoms with Crippen molar-refractivity contribution in [2.75, 3.05) is 0 Å². The number of rotatable bonds is 4. The van der Waals surface area contributed by atoms with Crippen LogP contribution in [0.4, 0.5) is 4.39 Å². The van der Waals surface area contributed by atoms with Gasteiger partial charge in [0.25, 0.3) is 0 Å². The molecule has 1 aliphatic carbocycles. The second-order valence-corrected chi connectivity index (χ2v) is 5.27. The van der Waals surface area contributed by atoms with Crippen LogP contribution in [0.5, 0.6) is 0 Å². The molecule has 19 heavy (non-hydrogen) atoms. The topological polar surface area (TPSA) is 62.2 Å². The van der Waals surface area contributed by atoms with Crippen molar-refractivity contribution in [3.8, 4) is 0 Å². The van der Waals surface area contributed by atoms with Gasteiger partial charge in [-0.1, -0.05) is 19.3 Å². The highest BCUT2D eigenvalue weighted by molar-refractivity contribution is 5.79. The zero-order valence-corrected chi connectivity index (χ0v) is 11.0. The molecule has 0 aliphatic heterocycles. The van der Waals surface area contributed by atoms with Crippen molar-refractivity contribution in [2.24, 2.45) is 0 Å². The SMILES string of the molecule is CC(NC1CCCCC1)(C(=O)O)c1ccc(F)cn1. The Kier molecular flexibility index (Phi) is 4.14. The number of carbonyl (C=O) groups is 1. The van der Waals surface area contributed by atoms with Crippen molar-refractivity contribution in [1.82, 2.24) is 10.3 Å². The van der Waals surface area contributed by atoms with Crippen LogP contribution in [-0.2, 0) is 10.3 Å². The molecule has 5 heteroatoms. The second kappa shape index (κ2) is 5.65. The Morgan fingerprint density at radius 1 is 1.42 bits per heavy atom. The Balaban J connectivity index is 2.21. The number of nitrogens with one attached hydrogen (secondary N) is 1. The molecule has 1 atom stereocenters. The van der Waals surface area contributed by atoms with Gasteiger partial charge in [0, 0.05) is 6.04 Å². The summed E-state index contributed by atoms with van der Waals surface area (Å²) >= 11 is 0. The second-order valence-electron chi connectivity index (χ2n) is 5.27. The normalized spacial score (nSPS) is 19.9. The lowest BCUT2D eigenvalue weighted by Crippen LogP contribution is -2.52. The van der Waals surface area contributed by atoms with Crippen molar-refractivity contribution in [3.63, 3.8) is 0 Å². The van der Waals surface area contributed by atoms with E-state index in [4.69, 9.17) is 0 Å². The number of halogens is 1. The molecule has 1 fully saturated rings. The van der Waals surface area contributed by atoms with E-state index >= 15 is 0 Å². The molecular formula is C14H19FN2O2. The van der Waals surface area contributed by atoms with Crippen LogP contribution >= 0.6 is 0 Å². The number of carboxylic acids is 1. The summed E-state index contributed by atoms with van der Waals surface area (Å²) in [6, 6.07) is 2.85. The van der Waals surface area contributed by atoms with Crippen molar-refractivity contribution in [1.29, 1.82) is 0 Å². The van der Waals surface area contributed by atoms with E-state index in [0.717, 1.165) is 31.9 Å². The van der Waals surface area contributed by atoms with E-state index in [1.165, 1.54) is 18.6 Å². The molecule has 104 valence electrons. The van der Waals surface area contributed by atoms with Crippen LogP contribution in [0.15, 0.2) is 18.3 Å². The maximum absolute atomic E-state index is 12.9. The minimum absolute atomic E-state index is 0.182. The fourth-order valence-electron chi connectivity index (χ4n) is 2.57. The fraction of sp³-hybridized carbons (Fsp3) is 0.571. The lowest BCUT2D eigenvalue weighted by atomic mass is 9.90. The molecule has 1 aliphatic rings. The van der Waals surface area contributed by atoms with E-state index in [1.807, 2.05) is 0 Å². The van der Waals surface area contributed by atoms with E-state index in [-0.39, 0.29) is 6.04 Å². The third kappa shape index (κ3) is 3.10. The third-order valence-corrected chi connectivity index (χ3v) is 3.77. The van der Waals surface area contributed by atoms with Crippen LogP contribution in [0.25, 0.3) is 0 Å². The van der Waals surface area contributed by atoms with E-state index < -0.39 is 17.3 Å². The maximum atomic E-state index is 12.9. The van der Waals surface area contributed by atoms with Gasteiger partial charge in [0.2, 0.25) is 0 Å². The Morgan fingerprint density at radius 2 is 2.11 bits per heavy atom. The number of nitrogens with zero attached hydrogens (tertiary/aromatic N) is 1. The van der Waals surface area contributed by atoms with Crippen molar-refractivity contribution >= 4 is 5.97 Å². The molecule has 4 nitrogen and oxygen atoms in total. The van der Waals surface area contributed by atoms with E-state index in [0.29, 0.717) is 5.69 Å². The molecule has 1 aromatic rings. The average molecular weight is 266 g/mol. The molecule has 0 radical (unpaired) electrons. The van der Waals surface area contributed by atoms with Crippen LogP contribution in [0, 0.1) is 5.82 Å². The van der Waals surface area contributed by atoms with Gasteiger partial charge in [-0.05, 0) is 31.9 Å². The van der Waals surface area contributed by atoms with Gasteiger partial charge in [0.05, 0.1) is 11.9 Å². The van der Waals surface area contributed by atoms with E-state index in [2.05, 4.69) is 10.3 Å². The summed E-state index contributed by atoms with van der Waals surface area (Å²) in [7, 11) is 0. The number of aromatic nitrogens is 1. The zero-order chi connectivity index (χ0) is 13.9. The summed E-state index contributed by atoms with van der Waals surface area (Å²) in [6.45, 7) is 1.59. The van der Waals surface area contributed by atoms with E-state index in [1.54, 1.807) is 6.92 Å². The smallest absolute Gasteiger partial charge is 0.329 e. The predicted molar refractivity (Wildman–Crippen MR) is 69.2 cm³/mol. The molecule has 2 N–H and O–H groups in total. The molecule has 1 unspecified atom stereocenters. The highest BCUT2D eigenvalue weighted by atomic mass is 19.1. The lowest BCUT2D eigenvalue weighted by Gasteiger charge is -2.33. The zero-order valence-electron chi connectivity index (χ0n) is 11.0. The first-order valence-electron chi connectivity index (χ1n) is 6.65. The van der Waals surface area contributed by atoms with Crippen LogP contribution in [0.3, 0.4) is 0 Å². The van der Waals surface area contributed by atoms with Crippen LogP contribution in [0.2, 0.25) is 0 Å². The minimum Gasteiger partial charge on any atom is -0.480 e. The predicted octanol–water partition coefficient (Wildman–Crippen LogP) is 2.44. The quantitative estimate of drug-likeness (QED) is 0.878. The Hall–Kier alpha value is -1.49. The minimum atomic E-state index is -1.27. The summed E-state index contributed by atoms with van der Waals surface area (Å²) in [5.74, 6) is -1.45. The van der Waals surface area contributed by atoms with Gasteiger partial charge in [-0.3, -0.25) is 10.3 Å². The number of hydrogen-bond donors (Lipinski definition) is 2. The fourth-order valence-corrected chi connectivity index (χ4v) is 2.57. The molecule has 0 saturated heterocycles. The van der Waals surface area contributed by atoms with Gasteiger partial charge in [-0.15, -0.1) is 0 Å². The first kappa shape index (κ1) is 13.9. The van der Waals surface area contributed by atoms with Crippen LogP contribution in [0.1, 0.15) is 44.7 Å². The molecule has 1 aromatic heterocycles. The Bertz CT molecular complexity index is 443. The highest BCUT2D eigenvalue weighted by Crippen LogP contribution is 2.25. The van der Waals surface area contributed by atoms with Gasteiger partial charge in [-0.2, -0.15) is 0 Å². The monoisotopic (exact) mass is 266 g/mol. The summed E-state index contributed by atoms with van der Waals surface area (Å²) in [5.41, 5.74) is -0.928. The lowest BCUT2D eigenvalue weighted by molar-refractivity contribution is -0.145. The first-order valence-corrected chi connectivity index (χ1v) is 6.65. The number of hydrogen-bond acceptors (Lipinski definition) is 3. The van der Waals surface area contributed by atoms with Gasteiger partial charge in [0.1, 0.15) is 5.82 Å². The molecule has 2 rings (SSSR count). The summed E-state index contributed by atoms with van der Waals surface area (Å²) in [6.07, 6.45) is 6.44. The van der Waals surface area contributed by atoms with Crippen molar-refractivity contribution in [3.05, 3.63) is 29.8 Å². The first-order chi connectivity index (χ1) is 9.02. The third-order valence-electron chi connectivity index (χ3n) is 3.77. The molecule has 0 amide bonds.